The molecule has 0 radical (unpaired) electrons. The number of rotatable bonds is 6. The largest absolute Gasteiger partial charge is 0.352 e. The minimum Gasteiger partial charge on any atom is -0.352 e. The van der Waals surface area contributed by atoms with Gasteiger partial charge in [0, 0.05) is 21.5 Å². The summed E-state index contributed by atoms with van der Waals surface area (Å²) < 4.78 is 0.968. The fraction of sp³-hybridized carbons (Fsp3) is 0.200. The van der Waals surface area contributed by atoms with E-state index in [9.17, 15) is 9.59 Å². The third-order valence-electron chi connectivity index (χ3n) is 5.66. The Hall–Kier alpha value is -2.67. The van der Waals surface area contributed by atoms with Crippen molar-refractivity contribution in [2.75, 3.05) is 11.9 Å². The van der Waals surface area contributed by atoms with Gasteiger partial charge >= 0.3 is 0 Å². The fourth-order valence-electron chi connectivity index (χ4n) is 4.11. The lowest BCUT2D eigenvalue weighted by Crippen LogP contribution is -2.27. The Labute approximate surface area is 199 Å². The zero-order chi connectivity index (χ0) is 22.1. The molecule has 4 aromatic rings. The van der Waals surface area contributed by atoms with Gasteiger partial charge in [-0.2, -0.15) is 0 Å². The standard InChI is InChI=1S/C25H21ClN2O2S2/c26-21-17-9-4-5-11-19(17)31-22(21)24(30)28-25-20(16-10-6-12-18(16)32-25)23(29)27-14-13-15-7-2-1-3-8-15/h1-5,7-9,11H,6,10,12-14H2,(H,27,29)(H,28,30). The maximum absolute atomic E-state index is 13.1. The maximum Gasteiger partial charge on any atom is 0.267 e. The van der Waals surface area contributed by atoms with Crippen LogP contribution in [0.25, 0.3) is 10.1 Å². The molecule has 5 rings (SSSR count). The minimum absolute atomic E-state index is 0.127. The molecule has 2 amide bonds. The van der Waals surface area contributed by atoms with Crippen LogP contribution >= 0.6 is 34.3 Å². The van der Waals surface area contributed by atoms with E-state index in [-0.39, 0.29) is 11.8 Å². The molecule has 1 aliphatic carbocycles. The molecule has 0 bridgehead atoms. The molecular weight excluding hydrogens is 460 g/mol. The van der Waals surface area contributed by atoms with Crippen LogP contribution in [-0.4, -0.2) is 18.4 Å². The van der Waals surface area contributed by atoms with Crippen LogP contribution in [0, 0.1) is 0 Å². The van der Waals surface area contributed by atoms with Crippen molar-refractivity contribution in [3.63, 3.8) is 0 Å². The molecule has 2 aromatic carbocycles. The van der Waals surface area contributed by atoms with Gasteiger partial charge in [0.25, 0.3) is 11.8 Å². The molecule has 0 saturated heterocycles. The molecule has 0 atom stereocenters. The van der Waals surface area contributed by atoms with E-state index in [2.05, 4.69) is 22.8 Å². The smallest absolute Gasteiger partial charge is 0.267 e. The lowest BCUT2D eigenvalue weighted by Gasteiger charge is -2.09. The second kappa shape index (κ2) is 9.06. The highest BCUT2D eigenvalue weighted by molar-refractivity contribution is 7.22. The molecule has 0 saturated carbocycles. The number of aryl methyl sites for hydroxylation is 1. The Morgan fingerprint density at radius 1 is 0.938 bits per heavy atom. The average molecular weight is 481 g/mol. The van der Waals surface area contributed by atoms with Crippen molar-refractivity contribution < 1.29 is 9.59 Å². The van der Waals surface area contributed by atoms with Gasteiger partial charge in [-0.1, -0.05) is 60.1 Å². The number of thiophene rings is 2. The Morgan fingerprint density at radius 3 is 2.53 bits per heavy atom. The van der Waals surface area contributed by atoms with Crippen LogP contribution in [0.1, 0.15) is 42.5 Å². The quantitative estimate of drug-likeness (QED) is 0.338. The van der Waals surface area contributed by atoms with Crippen molar-refractivity contribution in [2.24, 2.45) is 0 Å². The van der Waals surface area contributed by atoms with Crippen LogP contribution in [-0.2, 0) is 19.3 Å². The Kier molecular flexibility index (Phi) is 6.00. The summed E-state index contributed by atoms with van der Waals surface area (Å²) in [5.74, 6) is -0.396. The van der Waals surface area contributed by atoms with Crippen LogP contribution in [0.5, 0.6) is 0 Å². The lowest BCUT2D eigenvalue weighted by atomic mass is 10.1. The summed E-state index contributed by atoms with van der Waals surface area (Å²) in [4.78, 5) is 27.9. The van der Waals surface area contributed by atoms with E-state index in [0.29, 0.717) is 27.0 Å². The molecule has 7 heteroatoms. The van der Waals surface area contributed by atoms with Crippen LogP contribution in [0.2, 0.25) is 5.02 Å². The van der Waals surface area contributed by atoms with Crippen molar-refractivity contribution in [1.82, 2.24) is 5.32 Å². The number of hydrogen-bond acceptors (Lipinski definition) is 4. The zero-order valence-corrected chi connectivity index (χ0v) is 19.6. The summed E-state index contributed by atoms with van der Waals surface area (Å²) in [6.45, 7) is 0.545. The van der Waals surface area contributed by atoms with Crippen molar-refractivity contribution >= 4 is 61.2 Å². The number of anilines is 1. The number of hydrogen-bond donors (Lipinski definition) is 2. The number of benzene rings is 2. The first kappa shape index (κ1) is 21.2. The molecule has 1 aliphatic rings. The third-order valence-corrected chi connectivity index (χ3v) is 8.54. The molecular formula is C25H21ClN2O2S2. The Morgan fingerprint density at radius 2 is 1.72 bits per heavy atom. The second-order valence-corrected chi connectivity index (χ2v) is 10.3. The molecule has 0 fully saturated rings. The fourth-order valence-corrected chi connectivity index (χ4v) is 6.80. The van der Waals surface area contributed by atoms with E-state index in [1.807, 2.05) is 42.5 Å². The summed E-state index contributed by atoms with van der Waals surface area (Å²) >= 11 is 9.38. The van der Waals surface area contributed by atoms with E-state index < -0.39 is 0 Å². The van der Waals surface area contributed by atoms with E-state index in [1.165, 1.54) is 33.1 Å². The van der Waals surface area contributed by atoms with E-state index >= 15 is 0 Å². The molecule has 0 aliphatic heterocycles. The number of amides is 2. The first-order chi connectivity index (χ1) is 15.6. The topological polar surface area (TPSA) is 58.2 Å². The Balaban J connectivity index is 1.36. The van der Waals surface area contributed by atoms with Gasteiger partial charge in [-0.15, -0.1) is 22.7 Å². The van der Waals surface area contributed by atoms with Crippen molar-refractivity contribution in [3.8, 4) is 0 Å². The summed E-state index contributed by atoms with van der Waals surface area (Å²) in [5, 5.41) is 7.98. The van der Waals surface area contributed by atoms with E-state index in [0.717, 1.165) is 41.3 Å². The number of halogens is 1. The Bertz CT molecular complexity index is 1310. The zero-order valence-electron chi connectivity index (χ0n) is 17.2. The number of fused-ring (bicyclic) bond motifs is 2. The normalized spacial score (nSPS) is 12.7. The highest BCUT2D eigenvalue weighted by Crippen LogP contribution is 2.40. The average Bonchev–Trinajstić information content (AvgIpc) is 3.48. The number of nitrogens with one attached hydrogen (secondary N) is 2. The van der Waals surface area contributed by atoms with Crippen molar-refractivity contribution in [1.29, 1.82) is 0 Å². The van der Waals surface area contributed by atoms with Crippen LogP contribution in [0.15, 0.2) is 54.6 Å². The van der Waals surface area contributed by atoms with Crippen LogP contribution < -0.4 is 10.6 Å². The van der Waals surface area contributed by atoms with Gasteiger partial charge < -0.3 is 10.6 Å². The highest BCUT2D eigenvalue weighted by atomic mass is 35.5. The van der Waals surface area contributed by atoms with Crippen LogP contribution in [0.4, 0.5) is 5.00 Å². The summed E-state index contributed by atoms with van der Waals surface area (Å²) in [7, 11) is 0. The number of carbonyl (C=O) groups is 2. The van der Waals surface area contributed by atoms with Gasteiger partial charge in [0.15, 0.2) is 0 Å². The summed E-state index contributed by atoms with van der Waals surface area (Å²) in [6.07, 6.45) is 3.62. The second-order valence-electron chi connectivity index (χ2n) is 7.75. The molecule has 0 unspecified atom stereocenters. The van der Waals surface area contributed by atoms with Gasteiger partial charge in [-0.3, -0.25) is 9.59 Å². The van der Waals surface area contributed by atoms with Gasteiger partial charge in [0.1, 0.15) is 9.88 Å². The lowest BCUT2D eigenvalue weighted by molar-refractivity contribution is 0.0954. The predicted octanol–water partition coefficient (Wildman–Crippen LogP) is 6.33. The first-order valence-corrected chi connectivity index (χ1v) is 12.6. The van der Waals surface area contributed by atoms with Gasteiger partial charge in [-0.25, -0.2) is 0 Å². The van der Waals surface area contributed by atoms with Gasteiger partial charge in [-0.05, 0) is 42.9 Å². The molecule has 162 valence electrons. The van der Waals surface area contributed by atoms with Crippen LogP contribution in [0.3, 0.4) is 0 Å². The molecule has 4 nitrogen and oxygen atoms in total. The molecule has 2 N–H and O–H groups in total. The highest BCUT2D eigenvalue weighted by Gasteiger charge is 2.28. The number of carbonyl (C=O) groups excluding carboxylic acids is 2. The maximum atomic E-state index is 13.1. The molecule has 2 aromatic heterocycles. The van der Waals surface area contributed by atoms with Gasteiger partial charge in [0.05, 0.1) is 10.6 Å². The van der Waals surface area contributed by atoms with E-state index in [1.54, 1.807) is 0 Å². The molecule has 32 heavy (non-hydrogen) atoms. The predicted molar refractivity (Wildman–Crippen MR) is 134 cm³/mol. The van der Waals surface area contributed by atoms with Gasteiger partial charge in [0.2, 0.25) is 0 Å². The summed E-state index contributed by atoms with van der Waals surface area (Å²) in [5.41, 5.74) is 2.86. The molecule has 2 heterocycles. The van der Waals surface area contributed by atoms with E-state index in [4.69, 9.17) is 11.6 Å². The minimum atomic E-state index is -0.269. The van der Waals surface area contributed by atoms with Crippen molar-refractivity contribution in [3.05, 3.63) is 86.1 Å². The SMILES string of the molecule is O=C(Nc1sc2c(c1C(=O)NCCc1ccccc1)CCC2)c1sc2ccccc2c1Cl. The molecule has 0 spiro atoms. The summed E-state index contributed by atoms with van der Waals surface area (Å²) in [6, 6.07) is 17.8. The third kappa shape index (κ3) is 4.06. The first-order valence-electron chi connectivity index (χ1n) is 10.6. The van der Waals surface area contributed by atoms with Crippen molar-refractivity contribution in [2.45, 2.75) is 25.7 Å². The monoisotopic (exact) mass is 480 g/mol.